The third-order valence-electron chi connectivity index (χ3n) is 5.09. The van der Waals surface area contributed by atoms with E-state index in [4.69, 9.17) is 6.42 Å². The maximum Gasteiger partial charge on any atom is 0.113 e. The van der Waals surface area contributed by atoms with Crippen LogP contribution in [-0.2, 0) is 0 Å². The molecule has 84 valence electrons. The van der Waals surface area contributed by atoms with Crippen LogP contribution in [0.1, 0.15) is 32.1 Å². The Morgan fingerprint density at radius 2 is 1.69 bits per heavy atom. The number of nitriles is 1. The average molecular weight is 214 g/mol. The van der Waals surface area contributed by atoms with E-state index in [0.29, 0.717) is 18.4 Å². The Bertz CT molecular complexity index is 343. The molecule has 2 nitrogen and oxygen atoms in total. The van der Waals surface area contributed by atoms with Gasteiger partial charge in [-0.25, -0.2) is 0 Å². The maximum absolute atomic E-state index is 9.59. The van der Waals surface area contributed by atoms with E-state index in [1.165, 1.54) is 32.1 Å². The van der Waals surface area contributed by atoms with Crippen LogP contribution in [0, 0.1) is 47.3 Å². The molecule has 0 spiro atoms. The fraction of sp³-hybridized carbons (Fsp3) is 0.786. The molecule has 0 saturated heterocycles. The van der Waals surface area contributed by atoms with Crippen molar-refractivity contribution in [3.63, 3.8) is 0 Å². The molecule has 4 rings (SSSR count). The third-order valence-corrected chi connectivity index (χ3v) is 5.09. The van der Waals surface area contributed by atoms with Crippen LogP contribution in [0.2, 0.25) is 0 Å². The lowest BCUT2D eigenvalue weighted by molar-refractivity contribution is -0.0449. The van der Waals surface area contributed by atoms with Gasteiger partial charge < -0.3 is 0 Å². The van der Waals surface area contributed by atoms with Gasteiger partial charge in [-0.05, 0) is 55.8 Å². The number of nitrogens with zero attached hydrogens (tertiary/aromatic N) is 1. The van der Waals surface area contributed by atoms with Crippen molar-refractivity contribution in [2.24, 2.45) is 23.7 Å². The third kappa shape index (κ3) is 1.23. The molecule has 4 aliphatic carbocycles. The molecule has 16 heavy (non-hydrogen) atoms. The quantitative estimate of drug-likeness (QED) is 0.713. The summed E-state index contributed by atoms with van der Waals surface area (Å²) >= 11 is 0. The molecule has 0 amide bonds. The Balaban J connectivity index is 1.89. The van der Waals surface area contributed by atoms with Gasteiger partial charge in [0.25, 0.3) is 0 Å². The lowest BCUT2D eigenvalue weighted by Gasteiger charge is -2.58. The molecule has 1 N–H and O–H groups in total. The minimum absolute atomic E-state index is 0.292. The SMILES string of the molecule is C#CCNC1(C#N)C2CC3CC(C2)CC1C3. The number of rotatable bonds is 2. The van der Waals surface area contributed by atoms with Gasteiger partial charge in [-0.1, -0.05) is 5.92 Å². The molecule has 2 heteroatoms. The monoisotopic (exact) mass is 214 g/mol. The van der Waals surface area contributed by atoms with E-state index in [9.17, 15) is 5.26 Å². The van der Waals surface area contributed by atoms with Crippen molar-refractivity contribution in [2.75, 3.05) is 6.54 Å². The second kappa shape index (κ2) is 3.51. The Kier molecular flexibility index (Phi) is 2.23. The Labute approximate surface area is 97.4 Å². The van der Waals surface area contributed by atoms with Gasteiger partial charge in [-0.2, -0.15) is 5.26 Å². The van der Waals surface area contributed by atoms with Gasteiger partial charge in [0.1, 0.15) is 5.54 Å². The highest BCUT2D eigenvalue weighted by molar-refractivity contribution is 5.22. The Morgan fingerprint density at radius 1 is 1.12 bits per heavy atom. The smallest absolute Gasteiger partial charge is 0.113 e. The van der Waals surface area contributed by atoms with Crippen LogP contribution in [0.4, 0.5) is 0 Å². The van der Waals surface area contributed by atoms with Gasteiger partial charge in [-0.3, -0.25) is 5.32 Å². The van der Waals surface area contributed by atoms with Crippen molar-refractivity contribution in [1.29, 1.82) is 5.26 Å². The van der Waals surface area contributed by atoms with Gasteiger partial charge in [-0.15, -0.1) is 6.42 Å². The highest BCUT2D eigenvalue weighted by atomic mass is 15.0. The lowest BCUT2D eigenvalue weighted by atomic mass is 9.49. The summed E-state index contributed by atoms with van der Waals surface area (Å²) in [6.07, 6.45) is 11.7. The van der Waals surface area contributed by atoms with Crippen molar-refractivity contribution in [3.05, 3.63) is 0 Å². The van der Waals surface area contributed by atoms with E-state index in [0.717, 1.165) is 11.8 Å². The average Bonchev–Trinajstić information content (AvgIpc) is 2.28. The molecule has 0 aliphatic heterocycles. The van der Waals surface area contributed by atoms with Crippen LogP contribution in [0.25, 0.3) is 0 Å². The topological polar surface area (TPSA) is 35.8 Å². The van der Waals surface area contributed by atoms with Crippen LogP contribution in [0.3, 0.4) is 0 Å². The molecule has 0 aromatic carbocycles. The van der Waals surface area contributed by atoms with Crippen molar-refractivity contribution < 1.29 is 0 Å². The van der Waals surface area contributed by atoms with Gasteiger partial charge >= 0.3 is 0 Å². The standard InChI is InChI=1S/C14H18N2/c1-2-3-16-14(9-15)12-5-10-4-11(7-12)8-13(14)6-10/h1,10-13,16H,3-8H2. The van der Waals surface area contributed by atoms with E-state index < -0.39 is 0 Å². The minimum atomic E-state index is -0.292. The molecule has 0 unspecified atom stereocenters. The first-order chi connectivity index (χ1) is 7.78. The predicted molar refractivity (Wildman–Crippen MR) is 62.2 cm³/mol. The second-order valence-electron chi connectivity index (χ2n) is 5.84. The van der Waals surface area contributed by atoms with E-state index >= 15 is 0 Å². The number of terminal acetylenes is 1. The molecular weight excluding hydrogens is 196 g/mol. The van der Waals surface area contributed by atoms with Gasteiger partial charge in [0, 0.05) is 0 Å². The maximum atomic E-state index is 9.59. The van der Waals surface area contributed by atoms with Crippen molar-refractivity contribution in [3.8, 4) is 18.4 Å². The van der Waals surface area contributed by atoms with Crippen LogP contribution >= 0.6 is 0 Å². The molecule has 0 atom stereocenters. The predicted octanol–water partition coefficient (Wildman–Crippen LogP) is 1.93. The summed E-state index contributed by atoms with van der Waals surface area (Å²) in [4.78, 5) is 0. The molecule has 4 saturated carbocycles. The molecule has 0 aromatic heterocycles. The lowest BCUT2D eigenvalue weighted by Crippen LogP contribution is -2.64. The fourth-order valence-corrected chi connectivity index (χ4v) is 4.64. The summed E-state index contributed by atoms with van der Waals surface area (Å²) in [5, 5.41) is 13.0. The second-order valence-corrected chi connectivity index (χ2v) is 5.84. The van der Waals surface area contributed by atoms with Crippen molar-refractivity contribution in [1.82, 2.24) is 5.32 Å². The number of nitrogens with one attached hydrogen (secondary N) is 1. The first-order valence-corrected chi connectivity index (χ1v) is 6.38. The molecule has 0 radical (unpaired) electrons. The first-order valence-electron chi connectivity index (χ1n) is 6.38. The molecule has 4 bridgehead atoms. The number of hydrogen-bond acceptors (Lipinski definition) is 2. The van der Waals surface area contributed by atoms with E-state index in [1.807, 2.05) is 0 Å². The normalized spacial score (nSPS) is 48.6. The van der Waals surface area contributed by atoms with Crippen LogP contribution < -0.4 is 5.32 Å². The highest BCUT2D eigenvalue weighted by Gasteiger charge is 2.57. The highest BCUT2D eigenvalue weighted by Crippen LogP contribution is 2.57. The van der Waals surface area contributed by atoms with Crippen LogP contribution in [0.15, 0.2) is 0 Å². The minimum Gasteiger partial charge on any atom is -0.288 e. The summed E-state index contributed by atoms with van der Waals surface area (Å²) < 4.78 is 0. The molecule has 0 aromatic rings. The van der Waals surface area contributed by atoms with Gasteiger partial charge in [0.2, 0.25) is 0 Å². The zero-order valence-corrected chi connectivity index (χ0v) is 9.58. The van der Waals surface area contributed by atoms with Gasteiger partial charge in [0.05, 0.1) is 12.6 Å². The van der Waals surface area contributed by atoms with E-state index in [-0.39, 0.29) is 5.54 Å². The van der Waals surface area contributed by atoms with E-state index in [2.05, 4.69) is 17.3 Å². The Hall–Kier alpha value is -0.990. The Morgan fingerprint density at radius 3 is 2.12 bits per heavy atom. The summed E-state index contributed by atoms with van der Waals surface area (Å²) in [6, 6.07) is 2.59. The summed E-state index contributed by atoms with van der Waals surface area (Å²) in [6.45, 7) is 0.538. The van der Waals surface area contributed by atoms with Gasteiger partial charge in [0.15, 0.2) is 0 Å². The summed E-state index contributed by atoms with van der Waals surface area (Å²) in [5.41, 5.74) is -0.292. The zero-order valence-electron chi connectivity index (χ0n) is 9.58. The molecule has 4 aliphatic rings. The fourth-order valence-electron chi connectivity index (χ4n) is 4.64. The largest absolute Gasteiger partial charge is 0.288 e. The molecular formula is C14H18N2. The zero-order chi connectivity index (χ0) is 11.2. The number of hydrogen-bond donors (Lipinski definition) is 1. The van der Waals surface area contributed by atoms with Crippen molar-refractivity contribution in [2.45, 2.75) is 37.6 Å². The summed E-state index contributed by atoms with van der Waals surface area (Å²) in [7, 11) is 0. The molecule has 0 heterocycles. The van der Waals surface area contributed by atoms with Crippen molar-refractivity contribution >= 4 is 0 Å². The van der Waals surface area contributed by atoms with E-state index in [1.54, 1.807) is 0 Å². The van der Waals surface area contributed by atoms with Crippen LogP contribution in [-0.4, -0.2) is 12.1 Å². The molecule has 4 fully saturated rings. The van der Waals surface area contributed by atoms with Crippen LogP contribution in [0.5, 0.6) is 0 Å². The summed E-state index contributed by atoms with van der Waals surface area (Å²) in [5.74, 6) is 5.54. The first kappa shape index (κ1) is 10.2.